The third-order valence-electron chi connectivity index (χ3n) is 1.58. The van der Waals surface area contributed by atoms with Gasteiger partial charge in [-0.1, -0.05) is 6.07 Å². The minimum atomic E-state index is -2.11. The fourth-order valence-corrected chi connectivity index (χ4v) is 0.915. The first kappa shape index (κ1) is 9.16. The van der Waals surface area contributed by atoms with Crippen LogP contribution in [0.15, 0.2) is 12.1 Å². The van der Waals surface area contributed by atoms with Gasteiger partial charge in [0.05, 0.1) is 5.46 Å². The molecule has 2 nitrogen and oxygen atoms in total. The second-order valence-electron chi connectivity index (χ2n) is 2.47. The van der Waals surface area contributed by atoms with Gasteiger partial charge in [-0.25, -0.2) is 8.78 Å². The van der Waals surface area contributed by atoms with Crippen molar-refractivity contribution >= 4 is 12.6 Å². The average Bonchev–Trinajstić information content (AvgIpc) is 1.97. The molecule has 0 saturated heterocycles. The van der Waals surface area contributed by atoms with Crippen LogP contribution in [0.2, 0.25) is 0 Å². The van der Waals surface area contributed by atoms with Gasteiger partial charge < -0.3 is 10.0 Å². The van der Waals surface area contributed by atoms with E-state index in [9.17, 15) is 8.78 Å². The van der Waals surface area contributed by atoms with Crippen LogP contribution < -0.4 is 5.46 Å². The third kappa shape index (κ3) is 1.46. The summed E-state index contributed by atoms with van der Waals surface area (Å²) in [6.07, 6.45) is 0. The van der Waals surface area contributed by atoms with Crippen LogP contribution in [0, 0.1) is 18.6 Å². The molecule has 0 heterocycles. The van der Waals surface area contributed by atoms with E-state index in [4.69, 9.17) is 10.0 Å². The van der Waals surface area contributed by atoms with Crippen molar-refractivity contribution in [3.8, 4) is 0 Å². The Morgan fingerprint density at radius 2 is 1.83 bits per heavy atom. The largest absolute Gasteiger partial charge is 0.494 e. The highest BCUT2D eigenvalue weighted by atomic mass is 19.1. The van der Waals surface area contributed by atoms with Gasteiger partial charge in [0, 0.05) is 0 Å². The molecule has 0 unspecified atom stereocenters. The van der Waals surface area contributed by atoms with E-state index in [-0.39, 0.29) is 5.56 Å². The summed E-state index contributed by atoms with van der Waals surface area (Å²) in [6, 6.07) is 2.23. The van der Waals surface area contributed by atoms with E-state index in [1.807, 2.05) is 0 Å². The van der Waals surface area contributed by atoms with Crippen molar-refractivity contribution in [1.82, 2.24) is 0 Å². The molecule has 0 radical (unpaired) electrons. The van der Waals surface area contributed by atoms with Gasteiger partial charge in [-0.3, -0.25) is 0 Å². The summed E-state index contributed by atoms with van der Waals surface area (Å²) in [5, 5.41) is 17.2. The lowest BCUT2D eigenvalue weighted by atomic mass is 9.78. The van der Waals surface area contributed by atoms with Gasteiger partial charge in [0.15, 0.2) is 0 Å². The van der Waals surface area contributed by atoms with E-state index < -0.39 is 24.2 Å². The third-order valence-corrected chi connectivity index (χ3v) is 1.58. The van der Waals surface area contributed by atoms with Crippen LogP contribution in [0.1, 0.15) is 5.56 Å². The monoisotopic (exact) mass is 172 g/mol. The van der Waals surface area contributed by atoms with Crippen molar-refractivity contribution in [2.24, 2.45) is 0 Å². The maximum absolute atomic E-state index is 13.0. The Morgan fingerprint density at radius 3 is 2.25 bits per heavy atom. The zero-order valence-corrected chi connectivity index (χ0v) is 6.38. The van der Waals surface area contributed by atoms with Gasteiger partial charge in [-0.15, -0.1) is 0 Å². The van der Waals surface area contributed by atoms with Crippen LogP contribution in [0.25, 0.3) is 0 Å². The minimum Gasteiger partial charge on any atom is -0.423 e. The fourth-order valence-electron chi connectivity index (χ4n) is 0.915. The molecule has 0 bridgehead atoms. The topological polar surface area (TPSA) is 40.5 Å². The first-order valence-electron chi connectivity index (χ1n) is 3.34. The van der Waals surface area contributed by atoms with Crippen LogP contribution in [0.3, 0.4) is 0 Å². The summed E-state index contributed by atoms with van der Waals surface area (Å²) in [5.41, 5.74) is -0.519. The Bertz CT molecular complexity index is 302. The molecular formula is C7H7BF2O2. The van der Waals surface area contributed by atoms with Gasteiger partial charge >= 0.3 is 7.12 Å². The standard InChI is InChI=1S/C7H7BF2O2/c1-4-2-3-5(9)6(7(4)10)8(11)12/h2-3,11-12H,1H3. The molecule has 0 saturated carbocycles. The molecule has 1 aromatic rings. The molecular weight excluding hydrogens is 165 g/mol. The number of hydrogen-bond donors (Lipinski definition) is 2. The predicted octanol–water partition coefficient (Wildman–Crippen LogP) is -0.0470. The average molecular weight is 172 g/mol. The summed E-state index contributed by atoms with van der Waals surface area (Å²) >= 11 is 0. The molecule has 0 amide bonds. The molecule has 0 fully saturated rings. The Morgan fingerprint density at radius 1 is 1.25 bits per heavy atom. The van der Waals surface area contributed by atoms with Crippen LogP contribution in [-0.2, 0) is 0 Å². The Kier molecular flexibility index (Phi) is 2.44. The normalized spacial score (nSPS) is 10.1. The molecule has 5 heteroatoms. The van der Waals surface area contributed by atoms with E-state index in [1.54, 1.807) is 0 Å². The molecule has 0 aliphatic heterocycles. The van der Waals surface area contributed by atoms with E-state index in [2.05, 4.69) is 0 Å². The van der Waals surface area contributed by atoms with Crippen molar-refractivity contribution in [3.63, 3.8) is 0 Å². The molecule has 0 aromatic heterocycles. The highest BCUT2D eigenvalue weighted by Gasteiger charge is 2.22. The SMILES string of the molecule is Cc1ccc(F)c(B(O)O)c1F. The molecule has 12 heavy (non-hydrogen) atoms. The number of aryl methyl sites for hydroxylation is 1. The zero-order chi connectivity index (χ0) is 9.30. The molecule has 64 valence electrons. The van der Waals surface area contributed by atoms with E-state index in [0.717, 1.165) is 6.07 Å². The summed E-state index contributed by atoms with van der Waals surface area (Å²) in [6.45, 7) is 1.42. The molecule has 1 rings (SSSR count). The van der Waals surface area contributed by atoms with E-state index in [1.165, 1.54) is 13.0 Å². The van der Waals surface area contributed by atoms with Crippen molar-refractivity contribution in [3.05, 3.63) is 29.3 Å². The Labute approximate surface area is 68.6 Å². The lowest BCUT2D eigenvalue weighted by Crippen LogP contribution is -2.36. The molecule has 2 N–H and O–H groups in total. The summed E-state index contributed by atoms with van der Waals surface area (Å²) in [4.78, 5) is 0. The van der Waals surface area contributed by atoms with Gasteiger partial charge in [-0.2, -0.15) is 0 Å². The maximum Gasteiger partial charge on any atom is 0.494 e. The summed E-state index contributed by atoms with van der Waals surface area (Å²) in [5.74, 6) is -1.86. The summed E-state index contributed by atoms with van der Waals surface area (Å²) < 4.78 is 25.7. The fraction of sp³-hybridized carbons (Fsp3) is 0.143. The van der Waals surface area contributed by atoms with Gasteiger partial charge in [0.2, 0.25) is 0 Å². The van der Waals surface area contributed by atoms with Crippen LogP contribution in [0.5, 0.6) is 0 Å². The lowest BCUT2D eigenvalue weighted by Gasteiger charge is -2.04. The van der Waals surface area contributed by atoms with E-state index >= 15 is 0 Å². The van der Waals surface area contributed by atoms with Crippen LogP contribution in [0.4, 0.5) is 8.78 Å². The Hall–Kier alpha value is -0.935. The number of benzene rings is 1. The first-order valence-corrected chi connectivity index (χ1v) is 3.34. The highest BCUT2D eigenvalue weighted by Crippen LogP contribution is 2.05. The summed E-state index contributed by atoms with van der Waals surface area (Å²) in [7, 11) is -2.11. The maximum atomic E-state index is 13.0. The Balaban J connectivity index is 3.33. The molecule has 1 aromatic carbocycles. The van der Waals surface area contributed by atoms with Crippen LogP contribution >= 0.6 is 0 Å². The van der Waals surface area contributed by atoms with Crippen molar-refractivity contribution in [2.45, 2.75) is 6.92 Å². The van der Waals surface area contributed by atoms with Crippen molar-refractivity contribution < 1.29 is 18.8 Å². The smallest absolute Gasteiger partial charge is 0.423 e. The number of hydrogen-bond acceptors (Lipinski definition) is 2. The number of rotatable bonds is 1. The predicted molar refractivity (Wildman–Crippen MR) is 40.9 cm³/mol. The van der Waals surface area contributed by atoms with Gasteiger partial charge in [0.25, 0.3) is 0 Å². The minimum absolute atomic E-state index is 0.180. The van der Waals surface area contributed by atoms with Gasteiger partial charge in [-0.05, 0) is 18.6 Å². The van der Waals surface area contributed by atoms with Crippen LogP contribution in [-0.4, -0.2) is 17.2 Å². The number of halogens is 2. The molecule has 0 aliphatic carbocycles. The quantitative estimate of drug-likeness (QED) is 0.583. The van der Waals surface area contributed by atoms with E-state index in [0.29, 0.717) is 0 Å². The van der Waals surface area contributed by atoms with Crippen molar-refractivity contribution in [2.75, 3.05) is 0 Å². The second kappa shape index (κ2) is 3.20. The molecule has 0 spiro atoms. The van der Waals surface area contributed by atoms with Gasteiger partial charge in [0.1, 0.15) is 11.6 Å². The second-order valence-corrected chi connectivity index (χ2v) is 2.47. The molecule has 0 atom stereocenters. The molecule has 0 aliphatic rings. The first-order chi connectivity index (χ1) is 5.54. The van der Waals surface area contributed by atoms with Crippen molar-refractivity contribution in [1.29, 1.82) is 0 Å². The highest BCUT2D eigenvalue weighted by molar-refractivity contribution is 6.58. The lowest BCUT2D eigenvalue weighted by molar-refractivity contribution is 0.419. The zero-order valence-electron chi connectivity index (χ0n) is 6.38.